The quantitative estimate of drug-likeness (QED) is 0.756. The van der Waals surface area contributed by atoms with E-state index in [1.807, 2.05) is 33.9 Å². The number of hydrogen-bond acceptors (Lipinski definition) is 2. The predicted molar refractivity (Wildman–Crippen MR) is 62.2 cm³/mol. The maximum atomic E-state index is 11.6. The smallest absolute Gasteiger partial charge is 0.240 e. The molecule has 84 valence electrons. The lowest BCUT2D eigenvalue weighted by Gasteiger charge is -2.20. The van der Waals surface area contributed by atoms with Crippen LogP contribution in [-0.4, -0.2) is 21.0 Å². The fourth-order valence-corrected chi connectivity index (χ4v) is 1.57. The highest BCUT2D eigenvalue weighted by Gasteiger charge is 2.14. The summed E-state index contributed by atoms with van der Waals surface area (Å²) < 4.78 is 2.31. The molecule has 0 fully saturated rings. The number of aromatic nitrogens is 2. The van der Waals surface area contributed by atoms with Crippen LogP contribution in [0.25, 0.3) is 0 Å². The minimum atomic E-state index is -0.204. The van der Waals surface area contributed by atoms with Gasteiger partial charge in [-0.1, -0.05) is 0 Å². The van der Waals surface area contributed by atoms with Gasteiger partial charge in [0.05, 0.1) is 0 Å². The first-order chi connectivity index (χ1) is 6.78. The lowest BCUT2D eigenvalue weighted by molar-refractivity contribution is -0.123. The van der Waals surface area contributed by atoms with Crippen LogP contribution in [0.2, 0.25) is 0 Å². The maximum Gasteiger partial charge on any atom is 0.240 e. The van der Waals surface area contributed by atoms with E-state index >= 15 is 0 Å². The number of carbonyl (C=O) groups is 1. The number of rotatable bonds is 2. The van der Waals surface area contributed by atoms with Crippen LogP contribution in [0.15, 0.2) is 6.20 Å². The van der Waals surface area contributed by atoms with Crippen LogP contribution in [0.3, 0.4) is 0 Å². The molecule has 1 aromatic heterocycles. The second kappa shape index (κ2) is 4.18. The topological polar surface area (TPSA) is 49.8 Å². The molecule has 0 bridgehead atoms. The Kier molecular flexibility index (Phi) is 3.34. The van der Waals surface area contributed by atoms with Crippen molar-refractivity contribution in [3.05, 3.63) is 16.7 Å². The van der Waals surface area contributed by atoms with E-state index in [0.717, 1.165) is 5.69 Å². The zero-order valence-corrected chi connectivity index (χ0v) is 10.4. The summed E-state index contributed by atoms with van der Waals surface area (Å²) in [6, 6.07) is 0. The summed E-state index contributed by atoms with van der Waals surface area (Å²) in [5.74, 6) is -0.0300. The molecule has 1 rings (SSSR count). The third-order valence-corrected chi connectivity index (χ3v) is 2.08. The first kappa shape index (κ1) is 12.0. The Labute approximate surface area is 94.7 Å². The molecular formula is C10H17N3OS. The number of amides is 1. The maximum absolute atomic E-state index is 11.6. The normalized spacial score (nSPS) is 11.5. The SMILES string of the molecule is Cc1cn(CC(=O)NC(C)(C)C)c(=S)[nH]1. The average molecular weight is 227 g/mol. The second-order valence-corrected chi connectivity index (χ2v) is 5.06. The van der Waals surface area contributed by atoms with Crippen LogP contribution >= 0.6 is 12.2 Å². The summed E-state index contributed by atoms with van der Waals surface area (Å²) in [4.78, 5) is 14.6. The van der Waals surface area contributed by atoms with E-state index in [-0.39, 0.29) is 18.0 Å². The molecule has 0 aromatic carbocycles. The van der Waals surface area contributed by atoms with Gasteiger partial charge in [-0.15, -0.1) is 0 Å². The van der Waals surface area contributed by atoms with Gasteiger partial charge < -0.3 is 14.9 Å². The van der Waals surface area contributed by atoms with Gasteiger partial charge in [0.25, 0.3) is 0 Å². The molecule has 0 radical (unpaired) electrons. The van der Waals surface area contributed by atoms with Crippen molar-refractivity contribution in [2.45, 2.75) is 39.8 Å². The van der Waals surface area contributed by atoms with Crippen LogP contribution in [-0.2, 0) is 11.3 Å². The van der Waals surface area contributed by atoms with Crippen molar-refractivity contribution in [2.24, 2.45) is 0 Å². The van der Waals surface area contributed by atoms with Gasteiger partial charge in [0.2, 0.25) is 5.91 Å². The number of hydrogen-bond donors (Lipinski definition) is 2. The van der Waals surface area contributed by atoms with Crippen molar-refractivity contribution >= 4 is 18.1 Å². The van der Waals surface area contributed by atoms with Crippen molar-refractivity contribution in [1.82, 2.24) is 14.9 Å². The van der Waals surface area contributed by atoms with Crippen molar-refractivity contribution in [1.29, 1.82) is 0 Å². The third kappa shape index (κ3) is 3.87. The lowest BCUT2D eigenvalue weighted by atomic mass is 10.1. The van der Waals surface area contributed by atoms with Crippen molar-refractivity contribution in [3.63, 3.8) is 0 Å². The van der Waals surface area contributed by atoms with E-state index in [4.69, 9.17) is 12.2 Å². The number of H-pyrrole nitrogens is 1. The molecule has 0 aliphatic heterocycles. The number of aromatic amines is 1. The van der Waals surface area contributed by atoms with Crippen LogP contribution < -0.4 is 5.32 Å². The monoisotopic (exact) mass is 227 g/mol. The zero-order chi connectivity index (χ0) is 11.6. The molecule has 1 amide bonds. The first-order valence-corrected chi connectivity index (χ1v) is 5.26. The molecule has 0 aliphatic carbocycles. The molecule has 1 aromatic rings. The summed E-state index contributed by atoms with van der Waals surface area (Å²) in [5.41, 5.74) is 0.758. The van der Waals surface area contributed by atoms with Gasteiger partial charge in [-0.05, 0) is 39.9 Å². The number of imidazole rings is 1. The molecule has 0 saturated carbocycles. The van der Waals surface area contributed by atoms with Crippen molar-refractivity contribution in [3.8, 4) is 0 Å². The molecule has 0 aliphatic rings. The highest BCUT2D eigenvalue weighted by Crippen LogP contribution is 2.01. The fourth-order valence-electron chi connectivity index (χ4n) is 1.30. The van der Waals surface area contributed by atoms with Crippen LogP contribution in [0.1, 0.15) is 26.5 Å². The molecule has 0 saturated heterocycles. The average Bonchev–Trinajstić information content (AvgIpc) is 2.25. The summed E-state index contributed by atoms with van der Waals surface area (Å²) >= 11 is 5.06. The Morgan fingerprint density at radius 1 is 1.60 bits per heavy atom. The van der Waals surface area contributed by atoms with Crippen LogP contribution in [0, 0.1) is 11.7 Å². The largest absolute Gasteiger partial charge is 0.350 e. The number of nitrogens with one attached hydrogen (secondary N) is 2. The zero-order valence-electron chi connectivity index (χ0n) is 9.55. The summed E-state index contributed by atoms with van der Waals surface area (Å²) in [6.07, 6.45) is 1.84. The van der Waals surface area contributed by atoms with Gasteiger partial charge in [0.1, 0.15) is 6.54 Å². The summed E-state index contributed by atoms with van der Waals surface area (Å²) in [5, 5.41) is 2.88. The minimum absolute atomic E-state index is 0.0300. The van der Waals surface area contributed by atoms with Crippen LogP contribution in [0.5, 0.6) is 0 Å². The van der Waals surface area contributed by atoms with Gasteiger partial charge in [-0.2, -0.15) is 0 Å². The number of carbonyl (C=O) groups excluding carboxylic acids is 1. The van der Waals surface area contributed by atoms with E-state index in [1.165, 1.54) is 0 Å². The molecular weight excluding hydrogens is 210 g/mol. The Morgan fingerprint density at radius 2 is 2.20 bits per heavy atom. The van der Waals surface area contributed by atoms with E-state index in [9.17, 15) is 4.79 Å². The molecule has 2 N–H and O–H groups in total. The van der Waals surface area contributed by atoms with Crippen LogP contribution in [0.4, 0.5) is 0 Å². The number of aryl methyl sites for hydroxylation is 1. The Hall–Kier alpha value is -1.10. The standard InChI is InChI=1S/C10H17N3OS/c1-7-5-13(9(15)11-7)6-8(14)12-10(2,3)4/h5H,6H2,1-4H3,(H,11,15)(H,12,14). The van der Waals surface area contributed by atoms with Gasteiger partial charge in [-0.25, -0.2) is 0 Å². The van der Waals surface area contributed by atoms with E-state index < -0.39 is 0 Å². The fraction of sp³-hybridized carbons (Fsp3) is 0.600. The Morgan fingerprint density at radius 3 is 2.60 bits per heavy atom. The highest BCUT2D eigenvalue weighted by molar-refractivity contribution is 7.71. The van der Waals surface area contributed by atoms with Gasteiger partial charge >= 0.3 is 0 Å². The third-order valence-electron chi connectivity index (χ3n) is 1.74. The Bertz CT molecular complexity index is 411. The lowest BCUT2D eigenvalue weighted by Crippen LogP contribution is -2.42. The predicted octanol–water partition coefficient (Wildman–Crippen LogP) is 1.77. The van der Waals surface area contributed by atoms with E-state index in [1.54, 1.807) is 4.57 Å². The molecule has 4 nitrogen and oxygen atoms in total. The second-order valence-electron chi connectivity index (χ2n) is 4.67. The minimum Gasteiger partial charge on any atom is -0.350 e. The molecule has 0 atom stereocenters. The molecule has 0 spiro atoms. The Balaban J connectivity index is 2.67. The molecule has 5 heteroatoms. The van der Waals surface area contributed by atoms with Crippen molar-refractivity contribution in [2.75, 3.05) is 0 Å². The summed E-state index contributed by atoms with van der Waals surface area (Å²) in [7, 11) is 0. The van der Waals surface area contributed by atoms with E-state index in [0.29, 0.717) is 4.77 Å². The van der Waals surface area contributed by atoms with Gasteiger partial charge in [0, 0.05) is 17.4 Å². The van der Waals surface area contributed by atoms with Gasteiger partial charge in [-0.3, -0.25) is 4.79 Å². The molecule has 1 heterocycles. The highest BCUT2D eigenvalue weighted by atomic mass is 32.1. The van der Waals surface area contributed by atoms with E-state index in [2.05, 4.69) is 10.3 Å². The summed E-state index contributed by atoms with van der Waals surface area (Å²) in [6.45, 7) is 8.03. The molecule has 0 unspecified atom stereocenters. The van der Waals surface area contributed by atoms with Crippen molar-refractivity contribution < 1.29 is 4.79 Å². The number of nitrogens with zero attached hydrogens (tertiary/aromatic N) is 1. The first-order valence-electron chi connectivity index (χ1n) is 4.85. The van der Waals surface area contributed by atoms with Gasteiger partial charge in [0.15, 0.2) is 4.77 Å². The molecule has 15 heavy (non-hydrogen) atoms.